The minimum absolute atomic E-state index is 0.0213. The van der Waals surface area contributed by atoms with E-state index in [-0.39, 0.29) is 30.5 Å². The Labute approximate surface area is 237 Å². The molecule has 1 aliphatic heterocycles. The van der Waals surface area contributed by atoms with Gasteiger partial charge in [-0.05, 0) is 80.3 Å². The molecule has 3 aromatic rings. The van der Waals surface area contributed by atoms with Gasteiger partial charge in [-0.15, -0.1) is 0 Å². The standard InChI is InChI=1S/C30H27F6N3O3/c1-16(2)39-26-12-9-19(31)13-18(26)7-11-24(29(39)42)37-28(41)25(14-17-5-3-4-6-23(17)33)38-27(40)21-10-8-20(32)15-22(21)30(34,35)36/h3-6,8-10,12-13,15-16,24-25H,7,11,14H2,1-2H3,(H,37,41)(H,38,40)/t24-,25-/m1/s1. The lowest BCUT2D eigenvalue weighted by Gasteiger charge is -2.30. The molecule has 42 heavy (non-hydrogen) atoms. The van der Waals surface area contributed by atoms with Crippen LogP contribution in [0.5, 0.6) is 0 Å². The number of halogens is 6. The summed E-state index contributed by atoms with van der Waals surface area (Å²) in [6.07, 6.45) is -5.28. The molecule has 12 heteroatoms. The fourth-order valence-electron chi connectivity index (χ4n) is 4.92. The number of fused-ring (bicyclic) bond motifs is 1. The summed E-state index contributed by atoms with van der Waals surface area (Å²) in [4.78, 5) is 41.5. The van der Waals surface area contributed by atoms with Gasteiger partial charge in [0.05, 0.1) is 11.1 Å². The number of benzene rings is 3. The highest BCUT2D eigenvalue weighted by molar-refractivity contribution is 6.03. The van der Waals surface area contributed by atoms with Crippen molar-refractivity contribution >= 4 is 23.4 Å². The van der Waals surface area contributed by atoms with Gasteiger partial charge in [0.25, 0.3) is 5.91 Å². The van der Waals surface area contributed by atoms with Crippen LogP contribution in [0.15, 0.2) is 60.7 Å². The predicted molar refractivity (Wildman–Crippen MR) is 142 cm³/mol. The van der Waals surface area contributed by atoms with Gasteiger partial charge in [0.1, 0.15) is 29.5 Å². The Bertz CT molecular complexity index is 1510. The van der Waals surface area contributed by atoms with E-state index in [0.29, 0.717) is 23.4 Å². The average molecular weight is 592 g/mol. The molecule has 0 aromatic heterocycles. The molecule has 2 N–H and O–H groups in total. The highest BCUT2D eigenvalue weighted by Gasteiger charge is 2.38. The largest absolute Gasteiger partial charge is 0.417 e. The third kappa shape index (κ3) is 6.75. The van der Waals surface area contributed by atoms with Gasteiger partial charge in [-0.1, -0.05) is 18.2 Å². The molecule has 0 unspecified atom stereocenters. The summed E-state index contributed by atoms with van der Waals surface area (Å²) in [5.41, 5.74) is -1.50. The first kappa shape index (κ1) is 30.6. The Balaban J connectivity index is 1.64. The Morgan fingerprint density at radius 3 is 2.31 bits per heavy atom. The van der Waals surface area contributed by atoms with Crippen LogP contribution in [0.1, 0.15) is 47.3 Å². The first-order chi connectivity index (χ1) is 19.8. The minimum atomic E-state index is -5.08. The van der Waals surface area contributed by atoms with Crippen molar-refractivity contribution in [2.75, 3.05) is 4.90 Å². The molecule has 1 heterocycles. The maximum Gasteiger partial charge on any atom is 0.417 e. The normalized spacial score (nSPS) is 16.1. The first-order valence-corrected chi connectivity index (χ1v) is 13.1. The number of rotatable bonds is 7. The van der Waals surface area contributed by atoms with Gasteiger partial charge >= 0.3 is 6.18 Å². The molecule has 6 nitrogen and oxygen atoms in total. The van der Waals surface area contributed by atoms with Crippen LogP contribution in [0.25, 0.3) is 0 Å². The highest BCUT2D eigenvalue weighted by atomic mass is 19.4. The van der Waals surface area contributed by atoms with E-state index in [1.54, 1.807) is 13.8 Å². The van der Waals surface area contributed by atoms with Crippen LogP contribution in [0.3, 0.4) is 0 Å². The summed E-state index contributed by atoms with van der Waals surface area (Å²) in [7, 11) is 0. The van der Waals surface area contributed by atoms with Gasteiger partial charge in [-0.25, -0.2) is 13.2 Å². The molecule has 0 saturated heterocycles. The van der Waals surface area contributed by atoms with Crippen molar-refractivity contribution in [2.24, 2.45) is 0 Å². The number of nitrogens with one attached hydrogen (secondary N) is 2. The summed E-state index contributed by atoms with van der Waals surface area (Å²) >= 11 is 0. The van der Waals surface area contributed by atoms with Crippen molar-refractivity contribution in [3.8, 4) is 0 Å². The second kappa shape index (κ2) is 12.3. The number of hydrogen-bond donors (Lipinski definition) is 2. The first-order valence-electron chi connectivity index (χ1n) is 13.1. The van der Waals surface area contributed by atoms with E-state index in [2.05, 4.69) is 10.6 Å². The molecule has 0 bridgehead atoms. The summed E-state index contributed by atoms with van der Waals surface area (Å²) in [5, 5.41) is 4.76. The van der Waals surface area contributed by atoms with E-state index in [9.17, 15) is 40.7 Å². The van der Waals surface area contributed by atoms with Crippen LogP contribution < -0.4 is 15.5 Å². The van der Waals surface area contributed by atoms with Crippen molar-refractivity contribution < 1.29 is 40.7 Å². The van der Waals surface area contributed by atoms with Crippen molar-refractivity contribution in [2.45, 2.75) is 57.4 Å². The lowest BCUT2D eigenvalue weighted by molar-refractivity contribution is -0.138. The number of amides is 3. The fourth-order valence-corrected chi connectivity index (χ4v) is 4.92. The van der Waals surface area contributed by atoms with Gasteiger partial charge in [0.2, 0.25) is 11.8 Å². The van der Waals surface area contributed by atoms with Crippen LogP contribution in [0.2, 0.25) is 0 Å². The molecular weight excluding hydrogens is 564 g/mol. The molecular formula is C30H27F6N3O3. The van der Waals surface area contributed by atoms with Crippen LogP contribution in [-0.2, 0) is 28.6 Å². The maximum atomic E-state index is 14.5. The smallest absolute Gasteiger partial charge is 0.342 e. The number of aryl methyl sites for hydroxylation is 1. The summed E-state index contributed by atoms with van der Waals surface area (Å²) in [5.74, 6) is -5.27. The van der Waals surface area contributed by atoms with Crippen LogP contribution in [0.4, 0.5) is 32.0 Å². The zero-order valence-electron chi connectivity index (χ0n) is 22.6. The van der Waals surface area contributed by atoms with E-state index in [1.807, 2.05) is 0 Å². The van der Waals surface area contributed by atoms with E-state index < -0.39 is 71.0 Å². The van der Waals surface area contributed by atoms with Gasteiger partial charge in [0.15, 0.2) is 0 Å². The SMILES string of the molecule is CC(C)N1C(=O)[C@H](NC(=O)[C@@H](Cc2ccccc2F)NC(=O)c2ccc(F)cc2C(F)(F)F)CCc2cc(F)ccc21. The van der Waals surface area contributed by atoms with Crippen molar-refractivity contribution in [1.29, 1.82) is 0 Å². The van der Waals surface area contributed by atoms with Crippen LogP contribution in [-0.4, -0.2) is 35.8 Å². The summed E-state index contributed by atoms with van der Waals surface area (Å²) in [6, 6.07) is 7.61. The zero-order valence-corrected chi connectivity index (χ0v) is 22.6. The lowest BCUT2D eigenvalue weighted by Crippen LogP contribution is -2.55. The molecule has 0 aliphatic carbocycles. The summed E-state index contributed by atoms with van der Waals surface area (Å²) < 4.78 is 82.8. The van der Waals surface area contributed by atoms with Crippen LogP contribution in [0, 0.1) is 17.5 Å². The van der Waals surface area contributed by atoms with Crippen molar-refractivity contribution in [3.63, 3.8) is 0 Å². The number of carbonyl (C=O) groups excluding carboxylic acids is 3. The second-order valence-electron chi connectivity index (χ2n) is 10.2. The molecule has 3 amide bonds. The van der Waals surface area contributed by atoms with Crippen molar-refractivity contribution in [1.82, 2.24) is 10.6 Å². The minimum Gasteiger partial charge on any atom is -0.342 e. The third-order valence-electron chi connectivity index (χ3n) is 6.91. The Morgan fingerprint density at radius 2 is 1.64 bits per heavy atom. The number of alkyl halides is 3. The van der Waals surface area contributed by atoms with Gasteiger partial charge in [-0.2, -0.15) is 13.2 Å². The molecule has 0 spiro atoms. The monoisotopic (exact) mass is 591 g/mol. The number of nitrogens with zero attached hydrogens (tertiary/aromatic N) is 1. The summed E-state index contributed by atoms with van der Waals surface area (Å²) in [6.45, 7) is 3.47. The number of carbonyl (C=O) groups is 3. The Kier molecular flexibility index (Phi) is 8.93. The van der Waals surface area contributed by atoms with Gasteiger partial charge < -0.3 is 15.5 Å². The Hall–Kier alpha value is -4.35. The Morgan fingerprint density at radius 1 is 0.976 bits per heavy atom. The predicted octanol–water partition coefficient (Wildman–Crippen LogP) is 5.34. The lowest BCUT2D eigenvalue weighted by atomic mass is 10.0. The highest BCUT2D eigenvalue weighted by Crippen LogP contribution is 2.33. The third-order valence-corrected chi connectivity index (χ3v) is 6.91. The molecule has 0 saturated carbocycles. The van der Waals surface area contributed by atoms with Gasteiger partial charge in [0, 0.05) is 18.2 Å². The molecule has 0 radical (unpaired) electrons. The van der Waals surface area contributed by atoms with E-state index >= 15 is 0 Å². The quantitative estimate of drug-likeness (QED) is 0.365. The molecule has 0 fully saturated rings. The number of hydrogen-bond acceptors (Lipinski definition) is 3. The van der Waals surface area contributed by atoms with Crippen LogP contribution >= 0.6 is 0 Å². The van der Waals surface area contributed by atoms with Gasteiger partial charge in [-0.3, -0.25) is 14.4 Å². The maximum absolute atomic E-state index is 14.5. The topological polar surface area (TPSA) is 78.5 Å². The zero-order chi connectivity index (χ0) is 30.8. The molecule has 3 aromatic carbocycles. The molecule has 1 aliphatic rings. The molecule has 222 valence electrons. The van der Waals surface area contributed by atoms with E-state index in [1.165, 1.54) is 41.3 Å². The van der Waals surface area contributed by atoms with E-state index in [0.717, 1.165) is 6.07 Å². The molecule has 4 rings (SSSR count). The fraction of sp³-hybridized carbons (Fsp3) is 0.300. The van der Waals surface area contributed by atoms with E-state index in [4.69, 9.17) is 0 Å². The van der Waals surface area contributed by atoms with Crippen molar-refractivity contribution in [3.05, 3.63) is 100 Å². The average Bonchev–Trinajstić information content (AvgIpc) is 3.04. The number of anilines is 1. The second-order valence-corrected chi connectivity index (χ2v) is 10.2. The molecule has 2 atom stereocenters.